The molecule has 1 aromatic carbocycles. The minimum Gasteiger partial charge on any atom is -0.310 e. The Balaban J connectivity index is 1.69. The number of nitrogens with one attached hydrogen (secondary N) is 1. The molecule has 1 aliphatic carbocycles. The topological polar surface area (TPSA) is 59.8 Å². The Hall–Kier alpha value is -3.02. The molecule has 1 fully saturated rings. The maximum Gasteiger partial charge on any atom is 0.225 e. The Morgan fingerprint density at radius 2 is 1.76 bits per heavy atom. The van der Waals surface area contributed by atoms with Crippen molar-refractivity contribution in [3.63, 3.8) is 0 Å². The van der Waals surface area contributed by atoms with E-state index in [0.717, 1.165) is 29.5 Å². The van der Waals surface area contributed by atoms with E-state index in [0.29, 0.717) is 23.9 Å². The van der Waals surface area contributed by atoms with Gasteiger partial charge in [-0.05, 0) is 60.7 Å². The summed E-state index contributed by atoms with van der Waals surface area (Å²) in [5, 5.41) is 7.74. The molecule has 5 nitrogen and oxygen atoms in total. The van der Waals surface area contributed by atoms with Crippen LogP contribution in [0, 0.1) is 11.7 Å². The van der Waals surface area contributed by atoms with Crippen molar-refractivity contribution in [2.24, 2.45) is 13.0 Å². The lowest BCUT2D eigenvalue weighted by molar-refractivity contribution is -0.117. The second kappa shape index (κ2) is 8.55. The molecule has 0 bridgehead atoms. The third-order valence-electron chi connectivity index (χ3n) is 5.59. The number of aryl methyl sites for hydroxylation is 1. The smallest absolute Gasteiger partial charge is 0.225 e. The Morgan fingerprint density at radius 3 is 2.45 bits per heavy atom. The van der Waals surface area contributed by atoms with Crippen LogP contribution in [0.1, 0.15) is 38.5 Å². The molecule has 0 aliphatic heterocycles. The van der Waals surface area contributed by atoms with E-state index in [2.05, 4.69) is 15.4 Å². The molecular formula is C23H25FN4O. The SMILES string of the molecule is Cn1nc(-c2ccc(F)cc2)c(-c2ccncc2)c1NC(=O)CC1CCCCC1. The summed E-state index contributed by atoms with van der Waals surface area (Å²) in [6.07, 6.45) is 9.89. The second-order valence-corrected chi connectivity index (χ2v) is 7.69. The van der Waals surface area contributed by atoms with Crippen LogP contribution in [-0.4, -0.2) is 20.7 Å². The Kier molecular flexibility index (Phi) is 5.69. The summed E-state index contributed by atoms with van der Waals surface area (Å²) in [6.45, 7) is 0. The maximum atomic E-state index is 13.4. The van der Waals surface area contributed by atoms with Crippen molar-refractivity contribution in [1.82, 2.24) is 14.8 Å². The normalized spacial score (nSPS) is 14.7. The van der Waals surface area contributed by atoms with Crippen LogP contribution in [0.5, 0.6) is 0 Å². The van der Waals surface area contributed by atoms with Gasteiger partial charge in [-0.2, -0.15) is 5.10 Å². The lowest BCUT2D eigenvalue weighted by Crippen LogP contribution is -2.20. The first-order chi connectivity index (χ1) is 14.1. The van der Waals surface area contributed by atoms with Gasteiger partial charge >= 0.3 is 0 Å². The highest BCUT2D eigenvalue weighted by molar-refractivity contribution is 5.98. The molecule has 3 aromatic rings. The van der Waals surface area contributed by atoms with E-state index in [1.165, 1.54) is 31.4 Å². The second-order valence-electron chi connectivity index (χ2n) is 7.69. The van der Waals surface area contributed by atoms with Crippen LogP contribution >= 0.6 is 0 Å². The number of carbonyl (C=O) groups is 1. The van der Waals surface area contributed by atoms with Gasteiger partial charge in [-0.3, -0.25) is 14.5 Å². The van der Waals surface area contributed by atoms with E-state index in [1.54, 1.807) is 29.2 Å². The van der Waals surface area contributed by atoms with Crippen molar-refractivity contribution in [3.05, 3.63) is 54.6 Å². The zero-order chi connectivity index (χ0) is 20.2. The zero-order valence-corrected chi connectivity index (χ0v) is 16.6. The number of anilines is 1. The van der Waals surface area contributed by atoms with Gasteiger partial charge in [0.1, 0.15) is 17.3 Å². The number of hydrogen-bond acceptors (Lipinski definition) is 3. The summed E-state index contributed by atoms with van der Waals surface area (Å²) in [5.74, 6) is 0.825. The molecule has 6 heteroatoms. The standard InChI is InChI=1S/C23H25FN4O/c1-28-23(26-20(29)15-16-5-3-2-4-6-16)21(17-11-13-25-14-12-17)22(27-28)18-7-9-19(24)10-8-18/h7-14,16H,2-6,15H2,1H3,(H,26,29). The molecule has 0 unspecified atom stereocenters. The third kappa shape index (κ3) is 4.36. The zero-order valence-electron chi connectivity index (χ0n) is 16.6. The number of hydrogen-bond donors (Lipinski definition) is 1. The summed E-state index contributed by atoms with van der Waals surface area (Å²) in [5.41, 5.74) is 3.21. The van der Waals surface area contributed by atoms with Gasteiger partial charge in [-0.1, -0.05) is 19.3 Å². The number of carbonyl (C=O) groups excluding carboxylic acids is 1. The number of pyridine rings is 1. The Bertz CT molecular complexity index is 976. The predicted octanol–water partition coefficient (Wildman–Crippen LogP) is 5.20. The highest BCUT2D eigenvalue weighted by Gasteiger charge is 2.23. The van der Waals surface area contributed by atoms with Crippen molar-refractivity contribution in [1.29, 1.82) is 0 Å². The molecule has 2 heterocycles. The van der Waals surface area contributed by atoms with Gasteiger partial charge in [0.2, 0.25) is 5.91 Å². The van der Waals surface area contributed by atoms with Crippen molar-refractivity contribution >= 4 is 11.7 Å². The molecule has 0 atom stereocenters. The Labute approximate surface area is 170 Å². The fraction of sp³-hybridized carbons (Fsp3) is 0.348. The first kappa shape index (κ1) is 19.3. The molecule has 0 radical (unpaired) electrons. The summed E-state index contributed by atoms with van der Waals surface area (Å²) in [6, 6.07) is 10.0. The van der Waals surface area contributed by atoms with Crippen molar-refractivity contribution in [3.8, 4) is 22.4 Å². The average molecular weight is 392 g/mol. The first-order valence-electron chi connectivity index (χ1n) is 10.1. The van der Waals surface area contributed by atoms with Gasteiger partial charge < -0.3 is 5.32 Å². The van der Waals surface area contributed by atoms with Crippen molar-refractivity contribution in [2.45, 2.75) is 38.5 Å². The highest BCUT2D eigenvalue weighted by atomic mass is 19.1. The molecule has 1 aliphatic rings. The van der Waals surface area contributed by atoms with E-state index in [4.69, 9.17) is 0 Å². The van der Waals surface area contributed by atoms with E-state index in [1.807, 2.05) is 19.2 Å². The molecule has 0 saturated heterocycles. The molecule has 1 N–H and O–H groups in total. The number of nitrogens with zero attached hydrogens (tertiary/aromatic N) is 3. The van der Waals surface area contributed by atoms with Crippen LogP contribution in [0.3, 0.4) is 0 Å². The summed E-state index contributed by atoms with van der Waals surface area (Å²) >= 11 is 0. The van der Waals surface area contributed by atoms with Gasteiger partial charge in [0.15, 0.2) is 0 Å². The van der Waals surface area contributed by atoms with Crippen LogP contribution in [0.15, 0.2) is 48.8 Å². The highest BCUT2D eigenvalue weighted by Crippen LogP contribution is 2.37. The number of rotatable bonds is 5. The fourth-order valence-electron chi connectivity index (χ4n) is 4.11. The monoisotopic (exact) mass is 392 g/mol. The molecule has 29 heavy (non-hydrogen) atoms. The molecule has 150 valence electrons. The summed E-state index contributed by atoms with van der Waals surface area (Å²) in [7, 11) is 1.81. The summed E-state index contributed by atoms with van der Waals surface area (Å²) < 4.78 is 15.1. The first-order valence-corrected chi connectivity index (χ1v) is 10.1. The van der Waals surface area contributed by atoms with Gasteiger partial charge in [-0.15, -0.1) is 0 Å². The minimum atomic E-state index is -0.295. The molecule has 2 aromatic heterocycles. The lowest BCUT2D eigenvalue weighted by Gasteiger charge is -2.21. The van der Waals surface area contributed by atoms with Gasteiger partial charge in [0, 0.05) is 31.4 Å². The minimum absolute atomic E-state index is 0.0147. The summed E-state index contributed by atoms with van der Waals surface area (Å²) in [4.78, 5) is 16.9. The van der Waals surface area contributed by atoms with Crippen molar-refractivity contribution < 1.29 is 9.18 Å². The Morgan fingerprint density at radius 1 is 1.07 bits per heavy atom. The van der Waals surface area contributed by atoms with Gasteiger partial charge in [-0.25, -0.2) is 4.39 Å². The maximum absolute atomic E-state index is 13.4. The van der Waals surface area contributed by atoms with Crippen LogP contribution in [-0.2, 0) is 11.8 Å². The molecule has 1 amide bonds. The van der Waals surface area contributed by atoms with E-state index in [9.17, 15) is 9.18 Å². The number of amides is 1. The van der Waals surface area contributed by atoms with Gasteiger partial charge in [0.25, 0.3) is 0 Å². The van der Waals surface area contributed by atoms with Crippen molar-refractivity contribution in [2.75, 3.05) is 5.32 Å². The largest absolute Gasteiger partial charge is 0.310 e. The number of halogens is 1. The van der Waals surface area contributed by atoms with E-state index in [-0.39, 0.29) is 11.7 Å². The van der Waals surface area contributed by atoms with E-state index < -0.39 is 0 Å². The van der Waals surface area contributed by atoms with Crippen LogP contribution in [0.25, 0.3) is 22.4 Å². The van der Waals surface area contributed by atoms with Crippen LogP contribution in [0.4, 0.5) is 10.2 Å². The quantitative estimate of drug-likeness (QED) is 0.649. The fourth-order valence-corrected chi connectivity index (χ4v) is 4.11. The van der Waals surface area contributed by atoms with E-state index >= 15 is 0 Å². The molecule has 0 spiro atoms. The third-order valence-corrected chi connectivity index (χ3v) is 5.59. The number of benzene rings is 1. The van der Waals surface area contributed by atoms with Crippen LogP contribution < -0.4 is 5.32 Å². The molecular weight excluding hydrogens is 367 g/mol. The number of aromatic nitrogens is 3. The average Bonchev–Trinajstić information content (AvgIpc) is 3.06. The molecule has 1 saturated carbocycles. The van der Waals surface area contributed by atoms with Gasteiger partial charge in [0.05, 0.1) is 5.56 Å². The molecule has 4 rings (SSSR count). The lowest BCUT2D eigenvalue weighted by atomic mass is 9.87. The predicted molar refractivity (Wildman–Crippen MR) is 112 cm³/mol. The van der Waals surface area contributed by atoms with Crippen LogP contribution in [0.2, 0.25) is 0 Å².